The predicted octanol–water partition coefficient (Wildman–Crippen LogP) is 5.84. The highest BCUT2D eigenvalue weighted by Gasteiger charge is 2.00. The number of carbonyl (C=O) groups excluding carboxylic acids is 1. The second kappa shape index (κ2) is 11.9. The third kappa shape index (κ3) is 7.14. The van der Waals surface area contributed by atoms with Crippen LogP contribution in [0.3, 0.4) is 0 Å². The second-order valence-corrected chi connectivity index (χ2v) is 6.07. The quantitative estimate of drug-likeness (QED) is 0.220. The summed E-state index contributed by atoms with van der Waals surface area (Å²) in [5.41, 5.74) is 0. The zero-order valence-electron chi connectivity index (χ0n) is 15.5. The molecule has 0 radical (unpaired) electrons. The lowest BCUT2D eigenvalue weighted by molar-refractivity contribution is -0.137. The lowest BCUT2D eigenvalue weighted by Crippen LogP contribution is -1.98. The van der Waals surface area contributed by atoms with Crippen molar-refractivity contribution >= 4 is 16.7 Å². The summed E-state index contributed by atoms with van der Waals surface area (Å²) < 4.78 is 10.8. The molecule has 0 aromatic heterocycles. The van der Waals surface area contributed by atoms with E-state index in [-0.39, 0.29) is 5.97 Å². The van der Waals surface area contributed by atoms with Crippen molar-refractivity contribution in [1.82, 2.24) is 0 Å². The van der Waals surface area contributed by atoms with Gasteiger partial charge in [0, 0.05) is 11.5 Å². The molecule has 0 heterocycles. The van der Waals surface area contributed by atoms with Crippen molar-refractivity contribution in [1.29, 1.82) is 0 Å². The topological polar surface area (TPSA) is 35.5 Å². The zero-order chi connectivity index (χ0) is 18.5. The average Bonchev–Trinajstić information content (AvgIpc) is 2.66. The van der Waals surface area contributed by atoms with Gasteiger partial charge in [-0.05, 0) is 37.6 Å². The highest BCUT2D eigenvalue weighted by molar-refractivity contribution is 5.88. The maximum atomic E-state index is 11.1. The number of rotatable bonds is 11. The minimum Gasteiger partial charge on any atom is -0.493 e. The summed E-state index contributed by atoms with van der Waals surface area (Å²) in [6.07, 6.45) is 12.8. The van der Waals surface area contributed by atoms with Gasteiger partial charge in [0.05, 0.1) is 13.2 Å². The zero-order valence-corrected chi connectivity index (χ0v) is 15.5. The van der Waals surface area contributed by atoms with Gasteiger partial charge in [0.15, 0.2) is 0 Å². The molecule has 0 N–H and O–H groups in total. The van der Waals surface area contributed by atoms with E-state index in [0.29, 0.717) is 6.61 Å². The van der Waals surface area contributed by atoms with E-state index >= 15 is 0 Å². The molecule has 0 atom stereocenters. The van der Waals surface area contributed by atoms with E-state index in [1.54, 1.807) is 13.0 Å². The number of unbranched alkanes of at least 4 members (excludes halogenated alkanes) is 4. The summed E-state index contributed by atoms with van der Waals surface area (Å²) in [5.74, 6) is 0.683. The lowest BCUT2D eigenvalue weighted by Gasteiger charge is -2.09. The molecule has 0 saturated carbocycles. The van der Waals surface area contributed by atoms with Crippen LogP contribution in [0.5, 0.6) is 5.75 Å². The van der Waals surface area contributed by atoms with Crippen LogP contribution in [0, 0.1) is 0 Å². The van der Waals surface area contributed by atoms with Gasteiger partial charge in [0.2, 0.25) is 0 Å². The molecule has 3 nitrogen and oxygen atoms in total. The van der Waals surface area contributed by atoms with Crippen LogP contribution < -0.4 is 4.74 Å². The van der Waals surface area contributed by atoms with E-state index in [4.69, 9.17) is 9.47 Å². The van der Waals surface area contributed by atoms with Gasteiger partial charge in [-0.1, -0.05) is 67.5 Å². The molecule has 0 unspecified atom stereocenters. The second-order valence-electron chi connectivity index (χ2n) is 6.07. The minimum absolute atomic E-state index is 0.289. The SMILES string of the molecule is CCOC(=O)C=CC=CCCCCCCOc1cccc2ccccc12. The first-order chi connectivity index (χ1) is 12.8. The van der Waals surface area contributed by atoms with Crippen LogP contribution in [0.4, 0.5) is 0 Å². The van der Waals surface area contributed by atoms with Gasteiger partial charge in [-0.25, -0.2) is 4.79 Å². The molecule has 0 fully saturated rings. The van der Waals surface area contributed by atoms with Crippen molar-refractivity contribution in [2.24, 2.45) is 0 Å². The molecule has 2 aromatic rings. The number of esters is 1. The van der Waals surface area contributed by atoms with Crippen LogP contribution in [0.1, 0.15) is 39.0 Å². The Morgan fingerprint density at radius 1 is 0.962 bits per heavy atom. The number of hydrogen-bond donors (Lipinski definition) is 0. The van der Waals surface area contributed by atoms with Gasteiger partial charge in [-0.3, -0.25) is 0 Å². The number of fused-ring (bicyclic) bond motifs is 1. The third-order valence-electron chi connectivity index (χ3n) is 4.04. The lowest BCUT2D eigenvalue weighted by atomic mass is 10.1. The van der Waals surface area contributed by atoms with Crippen molar-refractivity contribution in [2.45, 2.75) is 39.0 Å². The first kappa shape index (κ1) is 19.8. The molecule has 26 heavy (non-hydrogen) atoms. The number of hydrogen-bond acceptors (Lipinski definition) is 3. The van der Waals surface area contributed by atoms with Gasteiger partial charge < -0.3 is 9.47 Å². The fraction of sp³-hybridized carbons (Fsp3) is 0.348. The molecule has 2 aromatic carbocycles. The number of carbonyl (C=O) groups is 1. The fourth-order valence-corrected chi connectivity index (χ4v) is 2.72. The highest BCUT2D eigenvalue weighted by Crippen LogP contribution is 2.25. The Morgan fingerprint density at radius 3 is 2.65 bits per heavy atom. The standard InChI is InChI=1S/C23H28O3/c1-2-25-23(24)18-9-7-5-3-4-6-8-12-19-26-22-17-13-15-20-14-10-11-16-21(20)22/h5,7,9-11,13-18H,2-4,6,8,12,19H2,1H3. The first-order valence-corrected chi connectivity index (χ1v) is 9.42. The monoisotopic (exact) mass is 352 g/mol. The van der Waals surface area contributed by atoms with Gasteiger partial charge in [0.1, 0.15) is 5.75 Å². The maximum absolute atomic E-state index is 11.1. The summed E-state index contributed by atoms with van der Waals surface area (Å²) in [7, 11) is 0. The molecule has 0 aliphatic carbocycles. The predicted molar refractivity (Wildman–Crippen MR) is 107 cm³/mol. The first-order valence-electron chi connectivity index (χ1n) is 9.42. The molecular formula is C23H28O3. The maximum Gasteiger partial charge on any atom is 0.330 e. The van der Waals surface area contributed by atoms with E-state index in [1.807, 2.05) is 30.3 Å². The Balaban J connectivity index is 1.55. The highest BCUT2D eigenvalue weighted by atomic mass is 16.5. The number of allylic oxidation sites excluding steroid dienone is 3. The van der Waals surface area contributed by atoms with Crippen LogP contribution in [-0.2, 0) is 9.53 Å². The van der Waals surface area contributed by atoms with Crippen molar-refractivity contribution in [3.63, 3.8) is 0 Å². The van der Waals surface area contributed by atoms with E-state index in [1.165, 1.54) is 23.3 Å². The molecule has 0 aliphatic rings. The van der Waals surface area contributed by atoms with Crippen LogP contribution in [0.2, 0.25) is 0 Å². The van der Waals surface area contributed by atoms with Gasteiger partial charge in [0.25, 0.3) is 0 Å². The van der Waals surface area contributed by atoms with Crippen molar-refractivity contribution in [2.75, 3.05) is 13.2 Å². The molecule has 0 bridgehead atoms. The summed E-state index contributed by atoms with van der Waals surface area (Å²) >= 11 is 0. The Hall–Kier alpha value is -2.55. The van der Waals surface area contributed by atoms with Crippen molar-refractivity contribution in [3.05, 3.63) is 66.8 Å². The summed E-state index contributed by atoms with van der Waals surface area (Å²) in [5, 5.41) is 2.39. The number of ether oxygens (including phenoxy) is 2. The van der Waals surface area contributed by atoms with E-state index in [9.17, 15) is 4.79 Å². The Bertz CT molecular complexity index is 726. The van der Waals surface area contributed by atoms with E-state index in [2.05, 4.69) is 24.3 Å². The van der Waals surface area contributed by atoms with E-state index < -0.39 is 0 Å². The summed E-state index contributed by atoms with van der Waals surface area (Å²) in [6.45, 7) is 2.97. The normalized spacial score (nSPS) is 11.4. The molecule has 0 aliphatic heterocycles. The van der Waals surface area contributed by atoms with Crippen molar-refractivity contribution in [3.8, 4) is 5.75 Å². The summed E-state index contributed by atoms with van der Waals surface area (Å²) in [4.78, 5) is 11.1. The van der Waals surface area contributed by atoms with Gasteiger partial charge >= 0.3 is 5.97 Å². The smallest absolute Gasteiger partial charge is 0.330 e. The Labute approximate surface area is 156 Å². The van der Waals surface area contributed by atoms with Gasteiger partial charge in [-0.15, -0.1) is 0 Å². The average molecular weight is 352 g/mol. The minimum atomic E-state index is -0.289. The fourth-order valence-electron chi connectivity index (χ4n) is 2.72. The molecular weight excluding hydrogens is 324 g/mol. The summed E-state index contributed by atoms with van der Waals surface area (Å²) in [6, 6.07) is 14.5. The van der Waals surface area contributed by atoms with Crippen molar-refractivity contribution < 1.29 is 14.3 Å². The number of benzene rings is 2. The Kier molecular flexibility index (Phi) is 9.06. The molecule has 0 saturated heterocycles. The van der Waals surface area contributed by atoms with Gasteiger partial charge in [-0.2, -0.15) is 0 Å². The van der Waals surface area contributed by atoms with Crippen LogP contribution in [-0.4, -0.2) is 19.2 Å². The molecule has 2 rings (SSSR count). The molecule has 0 spiro atoms. The largest absolute Gasteiger partial charge is 0.493 e. The third-order valence-corrected chi connectivity index (χ3v) is 4.04. The molecule has 0 amide bonds. The van der Waals surface area contributed by atoms with Crippen LogP contribution in [0.25, 0.3) is 10.8 Å². The van der Waals surface area contributed by atoms with Crippen LogP contribution in [0.15, 0.2) is 66.8 Å². The molecule has 3 heteroatoms. The van der Waals surface area contributed by atoms with Crippen LogP contribution >= 0.6 is 0 Å². The molecule has 138 valence electrons. The Morgan fingerprint density at radius 2 is 1.77 bits per heavy atom. The van der Waals surface area contributed by atoms with E-state index in [0.717, 1.165) is 38.0 Å².